The van der Waals surface area contributed by atoms with Crippen LogP contribution in [0.25, 0.3) is 0 Å². The summed E-state index contributed by atoms with van der Waals surface area (Å²) in [6.07, 6.45) is 0.565. The molecule has 0 fully saturated rings. The van der Waals surface area contributed by atoms with Crippen LogP contribution in [0.5, 0.6) is 0 Å². The van der Waals surface area contributed by atoms with Crippen molar-refractivity contribution in [2.75, 3.05) is 17.6 Å². The Labute approximate surface area is 128 Å². The van der Waals surface area contributed by atoms with Crippen LogP contribution in [0.3, 0.4) is 0 Å². The van der Waals surface area contributed by atoms with Crippen molar-refractivity contribution in [3.63, 3.8) is 0 Å². The molecule has 0 saturated carbocycles. The Bertz CT molecular complexity index is 474. The van der Waals surface area contributed by atoms with Gasteiger partial charge in [0.1, 0.15) is 0 Å². The maximum atomic E-state index is 11.4. The lowest BCUT2D eigenvalue weighted by molar-refractivity contribution is -0.113. The van der Waals surface area contributed by atoms with Gasteiger partial charge < -0.3 is 15.7 Å². The van der Waals surface area contributed by atoms with Gasteiger partial charge in [-0.2, -0.15) is 0 Å². The first-order chi connectivity index (χ1) is 9.45. The lowest BCUT2D eigenvalue weighted by Crippen LogP contribution is -2.25. The fourth-order valence-electron chi connectivity index (χ4n) is 2.26. The zero-order chi connectivity index (χ0) is 14.7. The van der Waals surface area contributed by atoms with Crippen molar-refractivity contribution in [3.8, 4) is 0 Å². The molecule has 1 aromatic rings. The fraction of sp³-hybridized carbons (Fsp3) is 0.643. The van der Waals surface area contributed by atoms with Gasteiger partial charge in [0, 0.05) is 10.9 Å². The highest BCUT2D eigenvalue weighted by atomic mass is 32.2. The molecule has 0 aromatic carbocycles. The number of fused-ring (bicyclic) bond motifs is 1. The number of anilines is 1. The SMILES string of the molecule is CC(O)CC(C)CNC(C)c1cc2c(s1)SCC(=O)N2. The Morgan fingerprint density at radius 2 is 2.20 bits per heavy atom. The number of carbonyl (C=O) groups is 1. The van der Waals surface area contributed by atoms with E-state index >= 15 is 0 Å². The van der Waals surface area contributed by atoms with Crippen LogP contribution in [-0.4, -0.2) is 29.4 Å². The van der Waals surface area contributed by atoms with E-state index in [0.29, 0.717) is 11.7 Å². The van der Waals surface area contributed by atoms with Crippen molar-refractivity contribution in [1.82, 2.24) is 5.32 Å². The molecule has 20 heavy (non-hydrogen) atoms. The van der Waals surface area contributed by atoms with Crippen molar-refractivity contribution < 1.29 is 9.90 Å². The second kappa shape index (κ2) is 6.93. The number of rotatable bonds is 6. The first-order valence-electron chi connectivity index (χ1n) is 6.93. The Kier molecular flexibility index (Phi) is 5.49. The van der Waals surface area contributed by atoms with Gasteiger partial charge in [0.05, 0.1) is 21.8 Å². The normalized spacial score (nSPS) is 19.1. The van der Waals surface area contributed by atoms with Crippen LogP contribution in [0.15, 0.2) is 10.3 Å². The second-order valence-corrected chi connectivity index (χ2v) is 7.83. The van der Waals surface area contributed by atoms with Gasteiger partial charge in [-0.25, -0.2) is 0 Å². The molecule has 3 N–H and O–H groups in total. The van der Waals surface area contributed by atoms with Crippen LogP contribution < -0.4 is 10.6 Å². The van der Waals surface area contributed by atoms with Gasteiger partial charge in [0.2, 0.25) is 5.91 Å². The van der Waals surface area contributed by atoms with E-state index in [1.807, 2.05) is 6.92 Å². The lowest BCUT2D eigenvalue weighted by Gasteiger charge is -2.17. The predicted octanol–water partition coefficient (Wildman–Crippen LogP) is 2.85. The molecule has 0 radical (unpaired) electrons. The minimum Gasteiger partial charge on any atom is -0.393 e. The van der Waals surface area contributed by atoms with E-state index in [1.165, 1.54) is 9.09 Å². The van der Waals surface area contributed by atoms with Crippen LogP contribution in [0.4, 0.5) is 5.69 Å². The topological polar surface area (TPSA) is 61.4 Å². The third-order valence-corrected chi connectivity index (χ3v) is 5.87. The van der Waals surface area contributed by atoms with Gasteiger partial charge in [-0.3, -0.25) is 4.79 Å². The molecular weight excluding hydrogens is 292 g/mol. The molecule has 1 aliphatic rings. The molecule has 0 spiro atoms. The van der Waals surface area contributed by atoms with E-state index < -0.39 is 0 Å². The number of aliphatic hydroxyl groups is 1. The number of thioether (sulfide) groups is 1. The molecular formula is C14H22N2O2S2. The lowest BCUT2D eigenvalue weighted by atomic mass is 10.0. The average molecular weight is 314 g/mol. The molecule has 3 unspecified atom stereocenters. The highest BCUT2D eigenvalue weighted by Crippen LogP contribution is 2.40. The van der Waals surface area contributed by atoms with Crippen LogP contribution >= 0.6 is 23.1 Å². The second-order valence-electron chi connectivity index (χ2n) is 5.51. The molecule has 0 bridgehead atoms. The van der Waals surface area contributed by atoms with E-state index in [2.05, 4.69) is 30.5 Å². The summed E-state index contributed by atoms with van der Waals surface area (Å²) in [4.78, 5) is 12.6. The minimum atomic E-state index is -0.247. The smallest absolute Gasteiger partial charge is 0.234 e. The largest absolute Gasteiger partial charge is 0.393 e. The molecule has 1 aromatic heterocycles. The van der Waals surface area contributed by atoms with Crippen molar-refractivity contribution in [2.45, 2.75) is 43.5 Å². The van der Waals surface area contributed by atoms with Crippen molar-refractivity contribution in [3.05, 3.63) is 10.9 Å². The van der Waals surface area contributed by atoms with Crippen molar-refractivity contribution >= 4 is 34.7 Å². The van der Waals surface area contributed by atoms with Gasteiger partial charge >= 0.3 is 0 Å². The summed E-state index contributed by atoms with van der Waals surface area (Å²) >= 11 is 3.36. The van der Waals surface area contributed by atoms with Gasteiger partial charge in [0.25, 0.3) is 0 Å². The maximum absolute atomic E-state index is 11.4. The van der Waals surface area contributed by atoms with E-state index in [1.54, 1.807) is 23.1 Å². The zero-order valence-corrected chi connectivity index (χ0v) is 13.7. The molecule has 2 heterocycles. The van der Waals surface area contributed by atoms with E-state index in [-0.39, 0.29) is 18.1 Å². The quantitative estimate of drug-likeness (QED) is 0.755. The number of carbonyl (C=O) groups excluding carboxylic acids is 1. The van der Waals surface area contributed by atoms with Crippen molar-refractivity contribution in [2.24, 2.45) is 5.92 Å². The molecule has 0 saturated heterocycles. The average Bonchev–Trinajstić information content (AvgIpc) is 2.78. The number of thiophene rings is 1. The highest BCUT2D eigenvalue weighted by Gasteiger charge is 2.20. The summed E-state index contributed by atoms with van der Waals surface area (Å²) < 4.78 is 1.20. The monoisotopic (exact) mass is 314 g/mol. The molecule has 0 aliphatic carbocycles. The Morgan fingerprint density at radius 1 is 1.45 bits per heavy atom. The Balaban J connectivity index is 1.90. The van der Waals surface area contributed by atoms with Crippen molar-refractivity contribution in [1.29, 1.82) is 0 Å². The summed E-state index contributed by atoms with van der Waals surface area (Å²) in [5.41, 5.74) is 0.955. The van der Waals surface area contributed by atoms with Crippen LogP contribution in [-0.2, 0) is 4.79 Å². The van der Waals surface area contributed by atoms with Gasteiger partial charge in [-0.15, -0.1) is 23.1 Å². The van der Waals surface area contributed by atoms with Gasteiger partial charge in [0.15, 0.2) is 0 Å². The molecule has 4 nitrogen and oxygen atoms in total. The Hall–Kier alpha value is -0.560. The standard InChI is InChI=1S/C14H22N2O2S2/c1-8(4-9(2)17)6-15-10(3)12-5-11-14(20-12)19-7-13(18)16-11/h5,8-10,15,17H,4,6-7H2,1-3H3,(H,16,18). The summed E-state index contributed by atoms with van der Waals surface area (Å²) in [5.74, 6) is 1.04. The maximum Gasteiger partial charge on any atom is 0.234 e. The minimum absolute atomic E-state index is 0.0815. The molecule has 112 valence electrons. The Morgan fingerprint density at radius 3 is 2.90 bits per heavy atom. The first-order valence-corrected chi connectivity index (χ1v) is 8.73. The van der Waals surface area contributed by atoms with Crippen LogP contribution in [0.2, 0.25) is 0 Å². The fourth-order valence-corrected chi connectivity index (χ4v) is 4.43. The molecule has 6 heteroatoms. The number of aliphatic hydroxyl groups excluding tert-OH is 1. The summed E-state index contributed by atoms with van der Waals surface area (Å²) in [6.45, 7) is 6.99. The first kappa shape index (κ1) is 15.8. The third kappa shape index (κ3) is 4.22. The molecule has 1 aliphatic heterocycles. The highest BCUT2D eigenvalue weighted by molar-refractivity contribution is 8.02. The van der Waals surface area contributed by atoms with Gasteiger partial charge in [-0.05, 0) is 38.8 Å². The van der Waals surface area contributed by atoms with Crippen LogP contribution in [0.1, 0.15) is 38.1 Å². The summed E-state index contributed by atoms with van der Waals surface area (Å²) in [5, 5.41) is 15.8. The molecule has 1 amide bonds. The van der Waals surface area contributed by atoms with E-state index in [0.717, 1.165) is 18.7 Å². The number of nitrogens with one attached hydrogen (secondary N) is 2. The van der Waals surface area contributed by atoms with E-state index in [9.17, 15) is 9.90 Å². The predicted molar refractivity (Wildman–Crippen MR) is 85.6 cm³/mol. The van der Waals surface area contributed by atoms with E-state index in [4.69, 9.17) is 0 Å². The molecule has 2 rings (SSSR count). The molecule has 3 atom stereocenters. The van der Waals surface area contributed by atoms with Crippen LogP contribution in [0, 0.1) is 5.92 Å². The number of hydrogen-bond acceptors (Lipinski definition) is 5. The van der Waals surface area contributed by atoms with Gasteiger partial charge in [-0.1, -0.05) is 6.92 Å². The zero-order valence-electron chi connectivity index (χ0n) is 12.1. The summed E-state index contributed by atoms with van der Waals surface area (Å²) in [6, 6.07) is 2.33. The number of amides is 1. The number of hydrogen-bond donors (Lipinski definition) is 3. The third-order valence-electron chi connectivity index (χ3n) is 3.27. The summed E-state index contributed by atoms with van der Waals surface area (Å²) in [7, 11) is 0.